The van der Waals surface area contributed by atoms with Crippen LogP contribution in [0.25, 0.3) is 10.8 Å². The number of hydrogen-bond acceptors (Lipinski definition) is 2. The van der Waals surface area contributed by atoms with Gasteiger partial charge >= 0.3 is 0 Å². The van der Waals surface area contributed by atoms with E-state index in [2.05, 4.69) is 87.6 Å². The molecule has 1 heterocycles. The number of allylic oxidation sites excluding steroid dienone is 2. The van der Waals surface area contributed by atoms with Gasteiger partial charge in [0.1, 0.15) is 0 Å². The third kappa shape index (κ3) is 2.81. The molecule has 0 saturated carbocycles. The molecule has 2 aliphatic rings. The van der Waals surface area contributed by atoms with E-state index in [9.17, 15) is 4.79 Å². The van der Waals surface area contributed by atoms with Crippen LogP contribution in [0.1, 0.15) is 54.9 Å². The monoisotopic (exact) mass is 381 g/mol. The first-order chi connectivity index (χ1) is 13.9. The number of fused-ring (bicyclic) bond motifs is 3. The van der Waals surface area contributed by atoms with Crippen LogP contribution < -0.4 is 5.32 Å². The number of carbonyl (C=O) groups is 1. The van der Waals surface area contributed by atoms with E-state index in [1.54, 1.807) is 0 Å². The topological polar surface area (TPSA) is 29.1 Å². The van der Waals surface area contributed by atoms with Gasteiger partial charge in [0.25, 0.3) is 0 Å². The van der Waals surface area contributed by atoms with Crippen LogP contribution in [0.5, 0.6) is 0 Å². The summed E-state index contributed by atoms with van der Waals surface area (Å²) in [6.07, 6.45) is 1.51. The average Bonchev–Trinajstić information content (AvgIpc) is 2.67. The van der Waals surface area contributed by atoms with Crippen molar-refractivity contribution in [2.45, 2.75) is 46.5 Å². The van der Waals surface area contributed by atoms with Gasteiger partial charge in [-0.15, -0.1) is 0 Å². The number of nitrogens with one attached hydrogen (secondary N) is 1. The Kier molecular flexibility index (Phi) is 3.96. The van der Waals surface area contributed by atoms with E-state index in [1.165, 1.54) is 33.0 Å². The van der Waals surface area contributed by atoms with Crippen LogP contribution in [-0.4, -0.2) is 5.78 Å². The van der Waals surface area contributed by atoms with Crippen LogP contribution in [0, 0.1) is 19.3 Å². The van der Waals surface area contributed by atoms with Gasteiger partial charge in [0.15, 0.2) is 5.78 Å². The van der Waals surface area contributed by atoms with Crippen LogP contribution >= 0.6 is 0 Å². The Bertz CT molecular complexity index is 1200. The van der Waals surface area contributed by atoms with Crippen LogP contribution in [0.4, 0.5) is 5.69 Å². The molecule has 0 fully saturated rings. The van der Waals surface area contributed by atoms with Crippen molar-refractivity contribution in [2.24, 2.45) is 5.41 Å². The SMILES string of the molecule is Cc1cccc(C2C3=C(CC(C)(C)CC3=O)Nc3ccc4ccccc4c32)c1C. The highest BCUT2D eigenvalue weighted by Crippen LogP contribution is 2.51. The third-order valence-electron chi connectivity index (χ3n) is 6.71. The van der Waals surface area contributed by atoms with Crippen LogP contribution in [0.3, 0.4) is 0 Å². The molecule has 3 aromatic carbocycles. The van der Waals surface area contributed by atoms with Gasteiger partial charge in [0.2, 0.25) is 0 Å². The minimum Gasteiger partial charge on any atom is -0.358 e. The number of rotatable bonds is 1. The van der Waals surface area contributed by atoms with Gasteiger partial charge in [-0.3, -0.25) is 4.79 Å². The molecule has 29 heavy (non-hydrogen) atoms. The fourth-order valence-electron chi connectivity index (χ4n) is 5.20. The molecular weight excluding hydrogens is 354 g/mol. The largest absolute Gasteiger partial charge is 0.358 e. The second-order valence-corrected chi connectivity index (χ2v) is 9.43. The van der Waals surface area contributed by atoms with Crippen LogP contribution in [0.2, 0.25) is 0 Å². The first kappa shape index (κ1) is 18.2. The maximum atomic E-state index is 13.5. The van der Waals surface area contributed by atoms with Crippen molar-refractivity contribution < 1.29 is 4.79 Å². The van der Waals surface area contributed by atoms with Gasteiger partial charge in [-0.2, -0.15) is 0 Å². The second-order valence-electron chi connectivity index (χ2n) is 9.43. The fraction of sp³-hybridized carbons (Fsp3) is 0.296. The number of benzene rings is 3. The number of hydrogen-bond donors (Lipinski definition) is 1. The number of Topliss-reactive ketones (excluding diaryl/α,β-unsaturated/α-hetero) is 1. The lowest BCUT2D eigenvalue weighted by molar-refractivity contribution is -0.118. The van der Waals surface area contributed by atoms with Crippen molar-refractivity contribution in [3.8, 4) is 0 Å². The molecule has 1 aliphatic heterocycles. The number of carbonyl (C=O) groups excluding carboxylic acids is 1. The summed E-state index contributed by atoms with van der Waals surface area (Å²) in [4.78, 5) is 13.5. The standard InChI is InChI=1S/C27H27NO/c1-16-8-7-11-19(17(16)2)25-24-20-10-6-5-9-18(20)12-13-21(24)28-22-14-27(3,4)15-23(29)26(22)25/h5-13,25,28H,14-15H2,1-4H3. The molecule has 2 nitrogen and oxygen atoms in total. The Hall–Kier alpha value is -2.87. The van der Waals surface area contributed by atoms with E-state index in [0.717, 1.165) is 23.4 Å². The molecular formula is C27H27NO. The Balaban J connectivity index is 1.86. The van der Waals surface area contributed by atoms with E-state index in [1.807, 2.05) is 0 Å². The van der Waals surface area contributed by atoms with Crippen molar-refractivity contribution in [2.75, 3.05) is 5.32 Å². The van der Waals surface area contributed by atoms with Gasteiger partial charge < -0.3 is 5.32 Å². The van der Waals surface area contributed by atoms with Gasteiger partial charge in [0.05, 0.1) is 0 Å². The summed E-state index contributed by atoms with van der Waals surface area (Å²) in [6, 6.07) is 19.4. The van der Waals surface area contributed by atoms with Crippen LogP contribution in [-0.2, 0) is 4.79 Å². The van der Waals surface area contributed by atoms with E-state index >= 15 is 0 Å². The highest BCUT2D eigenvalue weighted by Gasteiger charge is 2.41. The molecule has 0 radical (unpaired) electrons. The van der Waals surface area contributed by atoms with Gasteiger partial charge in [-0.05, 0) is 64.8 Å². The zero-order valence-corrected chi connectivity index (χ0v) is 17.6. The third-order valence-corrected chi connectivity index (χ3v) is 6.71. The van der Waals surface area contributed by atoms with Crippen LogP contribution in [0.15, 0.2) is 65.9 Å². The molecule has 1 aliphatic carbocycles. The zero-order chi connectivity index (χ0) is 20.3. The highest BCUT2D eigenvalue weighted by atomic mass is 16.1. The van der Waals surface area contributed by atoms with Crippen molar-refractivity contribution in [3.05, 3.63) is 88.1 Å². The van der Waals surface area contributed by atoms with Crippen molar-refractivity contribution >= 4 is 22.2 Å². The van der Waals surface area contributed by atoms with E-state index in [-0.39, 0.29) is 17.1 Å². The average molecular weight is 382 g/mol. The number of anilines is 1. The first-order valence-electron chi connectivity index (χ1n) is 10.5. The summed E-state index contributed by atoms with van der Waals surface area (Å²) in [5.74, 6) is 0.268. The molecule has 0 saturated heterocycles. The molecule has 0 aromatic heterocycles. The minimum absolute atomic E-state index is 0.0104. The number of aryl methyl sites for hydroxylation is 1. The van der Waals surface area contributed by atoms with Gasteiger partial charge in [0, 0.05) is 29.3 Å². The summed E-state index contributed by atoms with van der Waals surface area (Å²) in [6.45, 7) is 8.73. The minimum atomic E-state index is -0.0177. The molecule has 3 aromatic rings. The molecule has 5 rings (SSSR count). The first-order valence-corrected chi connectivity index (χ1v) is 10.5. The van der Waals surface area contributed by atoms with Crippen molar-refractivity contribution in [1.82, 2.24) is 0 Å². The molecule has 1 unspecified atom stereocenters. The number of ketones is 1. The van der Waals surface area contributed by atoms with Gasteiger partial charge in [-0.25, -0.2) is 0 Å². The fourth-order valence-corrected chi connectivity index (χ4v) is 5.20. The second kappa shape index (κ2) is 6.32. The maximum Gasteiger partial charge on any atom is 0.162 e. The smallest absolute Gasteiger partial charge is 0.162 e. The van der Waals surface area contributed by atoms with Crippen molar-refractivity contribution in [1.29, 1.82) is 0 Å². The lowest BCUT2D eigenvalue weighted by atomic mass is 9.67. The molecule has 2 heteroatoms. The lowest BCUT2D eigenvalue weighted by Gasteiger charge is -2.40. The Morgan fingerprint density at radius 3 is 2.55 bits per heavy atom. The summed E-state index contributed by atoms with van der Waals surface area (Å²) >= 11 is 0. The molecule has 0 spiro atoms. The van der Waals surface area contributed by atoms with E-state index in [4.69, 9.17) is 0 Å². The highest BCUT2D eigenvalue weighted by molar-refractivity contribution is 6.04. The predicted octanol–water partition coefficient (Wildman–Crippen LogP) is 6.66. The molecule has 1 N–H and O–H groups in total. The van der Waals surface area contributed by atoms with E-state index in [0.29, 0.717) is 6.42 Å². The molecule has 146 valence electrons. The normalized spacial score (nSPS) is 20.3. The predicted molar refractivity (Wildman–Crippen MR) is 120 cm³/mol. The van der Waals surface area contributed by atoms with E-state index < -0.39 is 0 Å². The zero-order valence-electron chi connectivity index (χ0n) is 17.6. The summed E-state index contributed by atoms with van der Waals surface area (Å²) in [7, 11) is 0. The molecule has 0 amide bonds. The summed E-state index contributed by atoms with van der Waals surface area (Å²) < 4.78 is 0. The van der Waals surface area contributed by atoms with Crippen molar-refractivity contribution in [3.63, 3.8) is 0 Å². The molecule has 1 atom stereocenters. The Morgan fingerprint density at radius 1 is 0.931 bits per heavy atom. The Morgan fingerprint density at radius 2 is 1.72 bits per heavy atom. The summed E-state index contributed by atoms with van der Waals surface area (Å²) in [5.41, 5.74) is 8.26. The quantitative estimate of drug-likeness (QED) is 0.511. The lowest BCUT2D eigenvalue weighted by Crippen LogP contribution is -2.34. The molecule has 0 bridgehead atoms. The summed E-state index contributed by atoms with van der Waals surface area (Å²) in [5, 5.41) is 6.12. The Labute approximate surface area is 172 Å². The maximum absolute atomic E-state index is 13.5. The van der Waals surface area contributed by atoms with Gasteiger partial charge in [-0.1, -0.05) is 62.4 Å².